The Morgan fingerprint density at radius 1 is 0.800 bits per heavy atom. The van der Waals surface area contributed by atoms with Crippen LogP contribution in [0.5, 0.6) is 11.5 Å². The van der Waals surface area contributed by atoms with Crippen LogP contribution in [0.3, 0.4) is 0 Å². The summed E-state index contributed by atoms with van der Waals surface area (Å²) in [5.74, 6) is 0.664. The van der Waals surface area contributed by atoms with Gasteiger partial charge in [0.1, 0.15) is 17.3 Å². The largest absolute Gasteiger partial charge is 0.508 e. The Hall–Kier alpha value is -5.63. The fourth-order valence-corrected chi connectivity index (χ4v) is 5.18. The van der Waals surface area contributed by atoms with Crippen LogP contribution < -0.4 is 10.6 Å². The third-order valence-electron chi connectivity index (χ3n) is 7.41. The molecule has 8 nitrogen and oxygen atoms in total. The van der Waals surface area contributed by atoms with Crippen LogP contribution in [0.4, 0.5) is 0 Å². The second kappa shape index (κ2) is 14.7. The fourth-order valence-electron chi connectivity index (χ4n) is 5.18. The summed E-state index contributed by atoms with van der Waals surface area (Å²) in [6.45, 7) is 2.76. The van der Waals surface area contributed by atoms with Gasteiger partial charge in [-0.3, -0.25) is 9.59 Å². The van der Waals surface area contributed by atoms with Crippen molar-refractivity contribution < 1.29 is 19.8 Å². The lowest BCUT2D eigenvalue weighted by Gasteiger charge is -2.16. The first-order valence-corrected chi connectivity index (χ1v) is 15.0. The molecule has 2 amide bonds. The van der Waals surface area contributed by atoms with Gasteiger partial charge < -0.3 is 25.8 Å². The molecule has 0 aliphatic carbocycles. The van der Waals surface area contributed by atoms with Crippen molar-refractivity contribution in [2.24, 2.45) is 0 Å². The third kappa shape index (κ3) is 8.26. The maximum Gasteiger partial charge on any atom is 0.244 e. The van der Waals surface area contributed by atoms with Gasteiger partial charge in [0, 0.05) is 38.1 Å². The Morgan fingerprint density at radius 2 is 1.47 bits per heavy atom. The highest BCUT2D eigenvalue weighted by Crippen LogP contribution is 2.35. The number of nitrogens with zero attached hydrogens (tertiary/aromatic N) is 1. The summed E-state index contributed by atoms with van der Waals surface area (Å²) in [5.41, 5.74) is 7.83. The lowest BCUT2D eigenvalue weighted by molar-refractivity contribution is -0.121. The standard InChI is InChI=1S/C37H36N4O4/c1-2-31(26-6-4-3-5-7-26)37(28-13-15-29(42)16-14-28)27-11-8-25(9-12-27)10-20-35(44)38-22-23-39-36(45)21-19-34-40-32-18-17-30(43)24-33(32)41-34/h3-18,20,24,42-43H,2,19,21-23H2,1H3,(H,38,44)(H,39,45)(H,40,41)/b20-10+,37-31?. The second-order valence-electron chi connectivity index (χ2n) is 10.6. The van der Waals surface area contributed by atoms with Gasteiger partial charge in [-0.25, -0.2) is 4.98 Å². The van der Waals surface area contributed by atoms with Crippen molar-refractivity contribution in [3.8, 4) is 11.5 Å². The number of hydrogen-bond donors (Lipinski definition) is 5. The van der Waals surface area contributed by atoms with E-state index in [1.165, 1.54) is 11.6 Å². The normalized spacial score (nSPS) is 11.8. The van der Waals surface area contributed by atoms with Gasteiger partial charge in [0.2, 0.25) is 11.8 Å². The monoisotopic (exact) mass is 600 g/mol. The lowest BCUT2D eigenvalue weighted by Crippen LogP contribution is -2.34. The van der Waals surface area contributed by atoms with E-state index < -0.39 is 0 Å². The molecular formula is C37H36N4O4. The van der Waals surface area contributed by atoms with Gasteiger partial charge in [0.05, 0.1) is 11.0 Å². The van der Waals surface area contributed by atoms with Gasteiger partial charge >= 0.3 is 0 Å². The predicted octanol–water partition coefficient (Wildman–Crippen LogP) is 6.22. The number of aromatic amines is 1. The van der Waals surface area contributed by atoms with Gasteiger partial charge in [-0.2, -0.15) is 0 Å². The van der Waals surface area contributed by atoms with Crippen molar-refractivity contribution in [3.05, 3.63) is 131 Å². The molecule has 0 fully saturated rings. The van der Waals surface area contributed by atoms with E-state index in [1.807, 2.05) is 54.6 Å². The van der Waals surface area contributed by atoms with Crippen LogP contribution in [0, 0.1) is 0 Å². The van der Waals surface area contributed by atoms with Crippen LogP contribution in [-0.4, -0.2) is 45.1 Å². The van der Waals surface area contributed by atoms with Crippen LogP contribution in [-0.2, 0) is 16.0 Å². The number of amides is 2. The number of fused-ring (bicyclic) bond motifs is 1. The number of hydrogen-bond acceptors (Lipinski definition) is 5. The summed E-state index contributed by atoms with van der Waals surface area (Å²) >= 11 is 0. The number of phenols is 2. The molecule has 1 aromatic heterocycles. The van der Waals surface area contributed by atoms with Crippen LogP contribution in [0.2, 0.25) is 0 Å². The molecule has 0 saturated heterocycles. The van der Waals surface area contributed by atoms with Crippen molar-refractivity contribution in [3.63, 3.8) is 0 Å². The number of allylic oxidation sites excluding steroid dienone is 1. The Morgan fingerprint density at radius 3 is 2.18 bits per heavy atom. The van der Waals surface area contributed by atoms with Crippen molar-refractivity contribution >= 4 is 40.1 Å². The van der Waals surface area contributed by atoms with Crippen molar-refractivity contribution in [1.82, 2.24) is 20.6 Å². The van der Waals surface area contributed by atoms with Gasteiger partial charge in [-0.1, -0.05) is 73.7 Å². The minimum absolute atomic E-state index is 0.137. The van der Waals surface area contributed by atoms with Crippen LogP contribution >= 0.6 is 0 Å². The fraction of sp³-hybridized carbons (Fsp3) is 0.162. The topological polar surface area (TPSA) is 127 Å². The highest BCUT2D eigenvalue weighted by Gasteiger charge is 2.13. The zero-order chi connectivity index (χ0) is 31.6. The Balaban J connectivity index is 1.14. The summed E-state index contributed by atoms with van der Waals surface area (Å²) in [5, 5.41) is 25.0. The molecule has 1 heterocycles. The highest BCUT2D eigenvalue weighted by molar-refractivity contribution is 5.99. The summed E-state index contributed by atoms with van der Waals surface area (Å²) in [7, 11) is 0. The number of aromatic nitrogens is 2. The maximum atomic E-state index is 12.4. The maximum absolute atomic E-state index is 12.4. The number of aryl methyl sites for hydroxylation is 1. The summed E-state index contributed by atoms with van der Waals surface area (Å²) in [6.07, 6.45) is 4.76. The zero-order valence-corrected chi connectivity index (χ0v) is 25.1. The number of carbonyl (C=O) groups excluding carboxylic acids is 2. The van der Waals surface area contributed by atoms with E-state index in [2.05, 4.69) is 39.7 Å². The number of carbonyl (C=O) groups is 2. The van der Waals surface area contributed by atoms with Crippen LogP contribution in [0.1, 0.15) is 47.8 Å². The van der Waals surface area contributed by atoms with Crippen molar-refractivity contribution in [1.29, 1.82) is 0 Å². The molecule has 5 aromatic rings. The van der Waals surface area contributed by atoms with Gasteiger partial charge in [0.15, 0.2) is 0 Å². The van der Waals surface area contributed by atoms with E-state index >= 15 is 0 Å². The highest BCUT2D eigenvalue weighted by atomic mass is 16.3. The first kappa shape index (κ1) is 30.8. The third-order valence-corrected chi connectivity index (χ3v) is 7.41. The first-order chi connectivity index (χ1) is 21.9. The van der Waals surface area contributed by atoms with E-state index in [-0.39, 0.29) is 29.7 Å². The Kier molecular flexibility index (Phi) is 10.1. The molecule has 0 unspecified atom stereocenters. The van der Waals surface area contributed by atoms with Crippen LogP contribution in [0.15, 0.2) is 103 Å². The van der Waals surface area contributed by atoms with E-state index in [0.717, 1.165) is 45.3 Å². The smallest absolute Gasteiger partial charge is 0.244 e. The predicted molar refractivity (Wildman–Crippen MR) is 178 cm³/mol. The van der Waals surface area contributed by atoms with Gasteiger partial charge in [-0.05, 0) is 70.2 Å². The number of rotatable bonds is 12. The zero-order valence-electron chi connectivity index (χ0n) is 25.1. The molecule has 0 aliphatic heterocycles. The molecule has 228 valence electrons. The number of benzene rings is 4. The number of phenolic OH excluding ortho intramolecular Hbond substituents is 2. The molecule has 5 rings (SSSR count). The molecular weight excluding hydrogens is 564 g/mol. The van der Waals surface area contributed by atoms with Crippen LogP contribution in [0.25, 0.3) is 28.3 Å². The Labute approximate surface area is 262 Å². The minimum Gasteiger partial charge on any atom is -0.508 e. The number of imidazole rings is 1. The molecule has 0 atom stereocenters. The number of aromatic hydroxyl groups is 2. The summed E-state index contributed by atoms with van der Waals surface area (Å²) in [6, 6.07) is 30.5. The SMILES string of the molecule is CCC(=C(c1ccc(O)cc1)c1ccc(/C=C/C(=O)NCCNC(=O)CCc2nc3ccc(O)cc3[nH]2)cc1)c1ccccc1. The van der Waals surface area contributed by atoms with Gasteiger partial charge in [-0.15, -0.1) is 0 Å². The average Bonchev–Trinajstić information content (AvgIpc) is 3.47. The Bertz CT molecular complexity index is 1820. The van der Waals surface area contributed by atoms with E-state index in [4.69, 9.17) is 0 Å². The molecule has 8 heteroatoms. The minimum atomic E-state index is -0.249. The molecule has 45 heavy (non-hydrogen) atoms. The number of H-pyrrole nitrogens is 1. The van der Waals surface area contributed by atoms with Gasteiger partial charge in [0.25, 0.3) is 0 Å². The average molecular weight is 601 g/mol. The van der Waals surface area contributed by atoms with E-state index in [0.29, 0.717) is 25.3 Å². The van der Waals surface area contributed by atoms with Crippen molar-refractivity contribution in [2.45, 2.75) is 26.2 Å². The second-order valence-corrected chi connectivity index (χ2v) is 10.6. The quantitative estimate of drug-likeness (QED) is 0.0660. The number of nitrogens with one attached hydrogen (secondary N) is 3. The van der Waals surface area contributed by atoms with E-state index in [9.17, 15) is 19.8 Å². The summed E-state index contributed by atoms with van der Waals surface area (Å²) < 4.78 is 0. The van der Waals surface area contributed by atoms with Crippen molar-refractivity contribution in [2.75, 3.05) is 13.1 Å². The first-order valence-electron chi connectivity index (χ1n) is 15.0. The molecule has 0 bridgehead atoms. The molecule has 0 saturated carbocycles. The molecule has 0 radical (unpaired) electrons. The molecule has 0 aliphatic rings. The molecule has 5 N–H and O–H groups in total. The molecule has 4 aromatic carbocycles. The van der Waals surface area contributed by atoms with E-state index in [1.54, 1.807) is 36.4 Å². The molecule has 0 spiro atoms. The lowest BCUT2D eigenvalue weighted by atomic mass is 9.88. The summed E-state index contributed by atoms with van der Waals surface area (Å²) in [4.78, 5) is 32.1.